The number of fused-ring (bicyclic) bond motifs is 1. The van der Waals surface area contributed by atoms with E-state index in [-0.39, 0.29) is 5.56 Å². The number of methoxy groups -OCH3 is 1. The molecule has 0 atom stereocenters. The lowest BCUT2D eigenvalue weighted by Gasteiger charge is -2.07. The summed E-state index contributed by atoms with van der Waals surface area (Å²) < 4.78 is 46.6. The van der Waals surface area contributed by atoms with E-state index in [1.165, 1.54) is 7.11 Å². The van der Waals surface area contributed by atoms with Crippen molar-refractivity contribution in [3.8, 4) is 16.9 Å². The van der Waals surface area contributed by atoms with E-state index in [0.717, 1.165) is 17.5 Å². The number of nitrogens with zero attached hydrogens (tertiary/aromatic N) is 2. The van der Waals surface area contributed by atoms with Crippen molar-refractivity contribution in [1.82, 2.24) is 9.78 Å². The fraction of sp³-hybridized carbons (Fsp3) is 0.133. The number of rotatable bonds is 2. The Morgan fingerprint density at radius 1 is 1.00 bits per heavy atom. The van der Waals surface area contributed by atoms with Crippen molar-refractivity contribution in [2.24, 2.45) is 7.05 Å². The van der Waals surface area contributed by atoms with E-state index in [0.29, 0.717) is 16.8 Å². The first-order chi connectivity index (χ1) is 9.99. The molecule has 0 aliphatic carbocycles. The second-order valence-corrected chi connectivity index (χ2v) is 4.67. The van der Waals surface area contributed by atoms with Gasteiger partial charge < -0.3 is 4.74 Å². The highest BCUT2D eigenvalue weighted by atomic mass is 19.2. The van der Waals surface area contributed by atoms with Crippen LogP contribution in [0.2, 0.25) is 0 Å². The molecule has 108 valence electrons. The molecule has 0 unspecified atom stereocenters. The second-order valence-electron chi connectivity index (χ2n) is 4.67. The van der Waals surface area contributed by atoms with Crippen LogP contribution < -0.4 is 4.74 Å². The van der Waals surface area contributed by atoms with Gasteiger partial charge in [0.25, 0.3) is 0 Å². The van der Waals surface area contributed by atoms with Crippen LogP contribution in [-0.2, 0) is 7.05 Å². The average Bonchev–Trinajstić information content (AvgIpc) is 2.83. The Hall–Kier alpha value is -2.50. The standard InChI is InChI=1S/C15H11F3N2O/c1-20-7-10-3-8(6-13(21-2)15(10)19-20)9-4-11(16)14(18)12(17)5-9/h3-7H,1-2H3. The maximum atomic E-state index is 13.4. The van der Waals surface area contributed by atoms with Gasteiger partial charge >= 0.3 is 0 Å². The fourth-order valence-corrected chi connectivity index (χ4v) is 2.27. The summed E-state index contributed by atoms with van der Waals surface area (Å²) in [5.41, 5.74) is 1.40. The molecule has 0 N–H and O–H groups in total. The Balaban J connectivity index is 2.25. The molecule has 3 rings (SSSR count). The molecule has 0 aliphatic heterocycles. The number of ether oxygens (including phenoxy) is 1. The molecule has 3 nitrogen and oxygen atoms in total. The van der Waals surface area contributed by atoms with Crippen LogP contribution in [0.15, 0.2) is 30.5 Å². The minimum absolute atomic E-state index is 0.232. The summed E-state index contributed by atoms with van der Waals surface area (Å²) in [4.78, 5) is 0. The summed E-state index contributed by atoms with van der Waals surface area (Å²) in [7, 11) is 3.25. The smallest absolute Gasteiger partial charge is 0.194 e. The number of aryl methyl sites for hydroxylation is 1. The molecular formula is C15H11F3N2O. The van der Waals surface area contributed by atoms with Gasteiger partial charge in [-0.1, -0.05) is 0 Å². The lowest BCUT2D eigenvalue weighted by Crippen LogP contribution is -1.93. The van der Waals surface area contributed by atoms with Gasteiger partial charge in [-0.25, -0.2) is 13.2 Å². The van der Waals surface area contributed by atoms with Crippen molar-refractivity contribution in [3.05, 3.63) is 47.9 Å². The van der Waals surface area contributed by atoms with E-state index >= 15 is 0 Å². The zero-order valence-corrected chi connectivity index (χ0v) is 11.3. The van der Waals surface area contributed by atoms with Gasteiger partial charge in [0.05, 0.1) is 7.11 Å². The minimum Gasteiger partial charge on any atom is -0.494 e. The minimum atomic E-state index is -1.48. The van der Waals surface area contributed by atoms with Crippen molar-refractivity contribution in [3.63, 3.8) is 0 Å². The van der Waals surface area contributed by atoms with E-state index in [1.807, 2.05) is 0 Å². The van der Waals surface area contributed by atoms with E-state index in [1.54, 1.807) is 30.1 Å². The molecule has 6 heteroatoms. The van der Waals surface area contributed by atoms with Crippen molar-refractivity contribution in [2.75, 3.05) is 7.11 Å². The Morgan fingerprint density at radius 2 is 1.62 bits per heavy atom. The molecular weight excluding hydrogens is 281 g/mol. The summed E-state index contributed by atoms with van der Waals surface area (Å²) in [5, 5.41) is 5.01. The fourth-order valence-electron chi connectivity index (χ4n) is 2.27. The van der Waals surface area contributed by atoms with Gasteiger partial charge in [-0.2, -0.15) is 5.10 Å². The first-order valence-corrected chi connectivity index (χ1v) is 6.16. The molecule has 3 aromatic rings. The zero-order chi connectivity index (χ0) is 15.1. The van der Waals surface area contributed by atoms with Crippen LogP contribution in [0.25, 0.3) is 22.0 Å². The SMILES string of the molecule is COc1cc(-c2cc(F)c(F)c(F)c2)cc2cn(C)nc12. The van der Waals surface area contributed by atoms with Gasteiger partial charge in [0.1, 0.15) is 11.3 Å². The number of aromatic nitrogens is 2. The average molecular weight is 292 g/mol. The Labute approximate surface area is 118 Å². The third-order valence-electron chi connectivity index (χ3n) is 3.23. The van der Waals surface area contributed by atoms with Gasteiger partial charge in [0.2, 0.25) is 0 Å². The van der Waals surface area contributed by atoms with Gasteiger partial charge in [0, 0.05) is 18.6 Å². The van der Waals surface area contributed by atoms with Crippen LogP contribution in [0.5, 0.6) is 5.75 Å². The maximum Gasteiger partial charge on any atom is 0.194 e. The van der Waals surface area contributed by atoms with Crippen LogP contribution in [0.3, 0.4) is 0 Å². The first kappa shape index (κ1) is 13.5. The number of halogens is 3. The summed E-state index contributed by atoms with van der Waals surface area (Å²) in [6, 6.07) is 5.24. The third kappa shape index (κ3) is 2.22. The summed E-state index contributed by atoms with van der Waals surface area (Å²) in [5.74, 6) is -3.45. The summed E-state index contributed by atoms with van der Waals surface area (Å²) >= 11 is 0. The maximum absolute atomic E-state index is 13.4. The predicted octanol–water partition coefficient (Wildman–Crippen LogP) is 3.67. The van der Waals surface area contributed by atoms with E-state index in [2.05, 4.69) is 5.10 Å². The normalized spacial score (nSPS) is 11.1. The molecule has 0 radical (unpaired) electrons. The molecule has 1 heterocycles. The van der Waals surface area contributed by atoms with Gasteiger partial charge in [0.15, 0.2) is 17.5 Å². The van der Waals surface area contributed by atoms with Crippen molar-refractivity contribution in [1.29, 1.82) is 0 Å². The van der Waals surface area contributed by atoms with Gasteiger partial charge in [-0.05, 0) is 35.4 Å². The highest BCUT2D eigenvalue weighted by Gasteiger charge is 2.14. The van der Waals surface area contributed by atoms with Crippen molar-refractivity contribution < 1.29 is 17.9 Å². The lowest BCUT2D eigenvalue weighted by atomic mass is 10.0. The van der Waals surface area contributed by atoms with E-state index in [4.69, 9.17) is 4.74 Å². The molecule has 0 bridgehead atoms. The Kier molecular flexibility index (Phi) is 3.08. The largest absolute Gasteiger partial charge is 0.494 e. The zero-order valence-electron chi connectivity index (χ0n) is 11.3. The number of benzene rings is 2. The highest BCUT2D eigenvalue weighted by Crippen LogP contribution is 2.32. The summed E-state index contributed by atoms with van der Waals surface area (Å²) in [6.45, 7) is 0. The quantitative estimate of drug-likeness (QED) is 0.674. The molecule has 0 fully saturated rings. The van der Waals surface area contributed by atoms with Crippen molar-refractivity contribution >= 4 is 10.9 Å². The molecule has 0 saturated heterocycles. The summed E-state index contributed by atoms with van der Waals surface area (Å²) in [6.07, 6.45) is 1.76. The molecule has 0 amide bonds. The van der Waals surface area contributed by atoms with Gasteiger partial charge in [-0.15, -0.1) is 0 Å². The molecule has 0 saturated carbocycles. The third-order valence-corrected chi connectivity index (χ3v) is 3.23. The van der Waals surface area contributed by atoms with Crippen LogP contribution in [-0.4, -0.2) is 16.9 Å². The van der Waals surface area contributed by atoms with Crippen LogP contribution >= 0.6 is 0 Å². The van der Waals surface area contributed by atoms with E-state index < -0.39 is 17.5 Å². The molecule has 21 heavy (non-hydrogen) atoms. The molecule has 0 spiro atoms. The van der Waals surface area contributed by atoms with Gasteiger partial charge in [-0.3, -0.25) is 4.68 Å². The lowest BCUT2D eigenvalue weighted by molar-refractivity contribution is 0.418. The monoisotopic (exact) mass is 292 g/mol. The van der Waals surface area contributed by atoms with Crippen LogP contribution in [0, 0.1) is 17.5 Å². The molecule has 0 aliphatic rings. The van der Waals surface area contributed by atoms with Crippen LogP contribution in [0.4, 0.5) is 13.2 Å². The number of hydrogen-bond acceptors (Lipinski definition) is 2. The second kappa shape index (κ2) is 4.80. The number of hydrogen-bond donors (Lipinski definition) is 0. The topological polar surface area (TPSA) is 27.1 Å². The molecule has 2 aromatic carbocycles. The first-order valence-electron chi connectivity index (χ1n) is 6.16. The van der Waals surface area contributed by atoms with Crippen LogP contribution in [0.1, 0.15) is 0 Å². The van der Waals surface area contributed by atoms with E-state index in [9.17, 15) is 13.2 Å². The highest BCUT2D eigenvalue weighted by molar-refractivity contribution is 5.89. The Bertz CT molecular complexity index is 819. The predicted molar refractivity (Wildman–Crippen MR) is 72.6 cm³/mol. The van der Waals surface area contributed by atoms with Crippen molar-refractivity contribution in [2.45, 2.75) is 0 Å². The Morgan fingerprint density at radius 3 is 2.24 bits per heavy atom. The molecule has 1 aromatic heterocycles.